The molecule has 0 heterocycles. The van der Waals surface area contributed by atoms with E-state index in [4.69, 9.17) is 0 Å². The van der Waals surface area contributed by atoms with Gasteiger partial charge in [0.1, 0.15) is 0 Å². The second kappa shape index (κ2) is 3.12. The maximum atomic E-state index is 2.43. The molecule has 0 spiro atoms. The molecule has 78 valence electrons. The Bertz CT molecular complexity index is 262. The van der Waals surface area contributed by atoms with Gasteiger partial charge in [0.05, 0.1) is 0 Å². The van der Waals surface area contributed by atoms with Gasteiger partial charge < -0.3 is 0 Å². The summed E-state index contributed by atoms with van der Waals surface area (Å²) in [7, 11) is 0. The molecule has 2 atom stereocenters. The number of hydrogen-bond acceptors (Lipinski definition) is 0. The molecule has 0 aromatic carbocycles. The lowest BCUT2D eigenvalue weighted by Crippen LogP contribution is -2.27. The Kier molecular flexibility index (Phi) is 2.00. The topological polar surface area (TPSA) is 0 Å². The molecule has 0 aromatic heterocycles. The molecule has 0 bridgehead atoms. The number of hydrogen-bond donors (Lipinski definition) is 0. The normalized spacial score (nSPS) is 45.4. The first kappa shape index (κ1) is 9.00. The van der Waals surface area contributed by atoms with Crippen LogP contribution >= 0.6 is 0 Å². The Morgan fingerprint density at radius 3 is 2.21 bits per heavy atom. The average Bonchev–Trinajstić information content (AvgIpc) is 2.59. The molecule has 14 heavy (non-hydrogen) atoms. The summed E-state index contributed by atoms with van der Waals surface area (Å²) in [5, 5.41) is 0. The third-order valence-electron chi connectivity index (χ3n) is 5.08. The summed E-state index contributed by atoms with van der Waals surface area (Å²) in [6.07, 6.45) is 8.91. The molecule has 0 aromatic rings. The van der Waals surface area contributed by atoms with Crippen LogP contribution in [0.25, 0.3) is 0 Å². The fourth-order valence-corrected chi connectivity index (χ4v) is 3.41. The number of rotatable bonds is 2. The first-order valence-corrected chi connectivity index (χ1v) is 6.44. The van der Waals surface area contributed by atoms with Gasteiger partial charge >= 0.3 is 0 Å². The first-order chi connectivity index (χ1) is 6.75. The van der Waals surface area contributed by atoms with E-state index in [0.29, 0.717) is 0 Å². The van der Waals surface area contributed by atoms with Crippen LogP contribution in [0.1, 0.15) is 52.4 Å². The van der Waals surface area contributed by atoms with Gasteiger partial charge in [-0.05, 0) is 69.1 Å². The lowest BCUT2D eigenvalue weighted by molar-refractivity contribution is 0.190. The summed E-state index contributed by atoms with van der Waals surface area (Å²) < 4.78 is 0. The maximum absolute atomic E-state index is 2.43. The molecule has 0 N–H and O–H groups in total. The summed E-state index contributed by atoms with van der Waals surface area (Å²) >= 11 is 0. The van der Waals surface area contributed by atoms with E-state index in [-0.39, 0.29) is 0 Å². The van der Waals surface area contributed by atoms with Crippen molar-refractivity contribution < 1.29 is 0 Å². The van der Waals surface area contributed by atoms with Crippen molar-refractivity contribution in [1.82, 2.24) is 0 Å². The van der Waals surface area contributed by atoms with Gasteiger partial charge in [0.15, 0.2) is 0 Å². The van der Waals surface area contributed by atoms with Crippen molar-refractivity contribution in [3.05, 3.63) is 11.1 Å². The Balaban J connectivity index is 1.54. The fraction of sp³-hybridized carbons (Fsp3) is 0.857. The summed E-state index contributed by atoms with van der Waals surface area (Å²) in [6.45, 7) is 4.83. The predicted octanol–water partition coefficient (Wildman–Crippen LogP) is 4.17. The highest BCUT2D eigenvalue weighted by Gasteiger charge is 2.45. The second-order valence-electron chi connectivity index (χ2n) is 5.95. The van der Waals surface area contributed by atoms with Crippen LogP contribution in [0.4, 0.5) is 0 Å². The van der Waals surface area contributed by atoms with Crippen molar-refractivity contribution in [2.24, 2.45) is 23.7 Å². The summed E-state index contributed by atoms with van der Waals surface area (Å²) in [6, 6.07) is 0. The molecule has 3 saturated carbocycles. The number of allylic oxidation sites excluding steroid dienone is 2. The molecular weight excluding hydrogens is 168 g/mol. The van der Waals surface area contributed by atoms with Gasteiger partial charge in [0, 0.05) is 0 Å². The maximum Gasteiger partial charge on any atom is -0.0198 e. The van der Waals surface area contributed by atoms with E-state index >= 15 is 0 Å². The molecule has 3 fully saturated rings. The summed E-state index contributed by atoms with van der Waals surface area (Å²) in [5.41, 5.74) is 3.61. The van der Waals surface area contributed by atoms with Crippen molar-refractivity contribution in [3.8, 4) is 0 Å². The molecule has 3 aliphatic rings. The van der Waals surface area contributed by atoms with E-state index in [2.05, 4.69) is 13.8 Å². The van der Waals surface area contributed by atoms with E-state index in [1.54, 1.807) is 5.57 Å². The van der Waals surface area contributed by atoms with E-state index < -0.39 is 0 Å². The zero-order valence-corrected chi connectivity index (χ0v) is 9.55. The van der Waals surface area contributed by atoms with Crippen LogP contribution in [0.5, 0.6) is 0 Å². The highest BCUT2D eigenvalue weighted by atomic mass is 14.5. The van der Waals surface area contributed by atoms with Crippen LogP contribution in [0.15, 0.2) is 11.1 Å². The quantitative estimate of drug-likeness (QED) is 0.573. The summed E-state index contributed by atoms with van der Waals surface area (Å²) in [4.78, 5) is 0. The lowest BCUT2D eigenvalue weighted by atomic mass is 9.66. The van der Waals surface area contributed by atoms with Gasteiger partial charge in [-0.3, -0.25) is 0 Å². The van der Waals surface area contributed by atoms with Crippen LogP contribution < -0.4 is 0 Å². The van der Waals surface area contributed by atoms with Crippen LogP contribution in [0.3, 0.4) is 0 Å². The van der Waals surface area contributed by atoms with Crippen molar-refractivity contribution in [2.75, 3.05) is 0 Å². The molecule has 3 aliphatic carbocycles. The minimum absolute atomic E-state index is 1.00. The highest BCUT2D eigenvalue weighted by molar-refractivity contribution is 5.22. The molecule has 0 saturated heterocycles. The summed E-state index contributed by atoms with van der Waals surface area (Å²) in [5.74, 6) is 4.32. The van der Waals surface area contributed by atoms with E-state index in [1.807, 2.05) is 5.57 Å². The van der Waals surface area contributed by atoms with Crippen molar-refractivity contribution in [2.45, 2.75) is 52.4 Å². The van der Waals surface area contributed by atoms with Gasteiger partial charge in [-0.25, -0.2) is 0 Å². The molecular formula is C14H22. The van der Waals surface area contributed by atoms with Crippen molar-refractivity contribution in [1.29, 1.82) is 0 Å². The molecule has 0 radical (unpaired) electrons. The van der Waals surface area contributed by atoms with E-state index in [0.717, 1.165) is 23.7 Å². The minimum Gasteiger partial charge on any atom is -0.0710 e. The Morgan fingerprint density at radius 1 is 1.14 bits per heavy atom. The van der Waals surface area contributed by atoms with Crippen LogP contribution in [-0.4, -0.2) is 0 Å². The first-order valence-electron chi connectivity index (χ1n) is 6.44. The monoisotopic (exact) mass is 190 g/mol. The van der Waals surface area contributed by atoms with Gasteiger partial charge in [0.2, 0.25) is 0 Å². The highest BCUT2D eigenvalue weighted by Crippen LogP contribution is 2.55. The molecule has 0 nitrogen and oxygen atoms in total. The van der Waals surface area contributed by atoms with Gasteiger partial charge in [-0.15, -0.1) is 0 Å². The van der Waals surface area contributed by atoms with Gasteiger partial charge in [-0.1, -0.05) is 18.1 Å². The molecule has 0 amide bonds. The third kappa shape index (κ3) is 1.34. The molecule has 0 aliphatic heterocycles. The van der Waals surface area contributed by atoms with Gasteiger partial charge in [0.25, 0.3) is 0 Å². The van der Waals surface area contributed by atoms with Crippen LogP contribution in [-0.2, 0) is 0 Å². The molecule has 0 heteroatoms. The Morgan fingerprint density at radius 2 is 1.79 bits per heavy atom. The standard InChI is InChI=1S/C14H22/c1-9-6-14(9)13-7-12(8-13)10(2)11-4-3-5-11/h9,12-14H,3-8H2,1-2H3. The molecule has 3 rings (SSSR count). The van der Waals surface area contributed by atoms with Crippen LogP contribution in [0.2, 0.25) is 0 Å². The zero-order chi connectivity index (χ0) is 9.71. The minimum atomic E-state index is 1.00. The lowest BCUT2D eigenvalue weighted by Gasteiger charge is -2.39. The van der Waals surface area contributed by atoms with Crippen molar-refractivity contribution in [3.63, 3.8) is 0 Å². The Labute approximate surface area is 87.8 Å². The van der Waals surface area contributed by atoms with Crippen molar-refractivity contribution >= 4 is 0 Å². The van der Waals surface area contributed by atoms with E-state index in [1.165, 1.54) is 38.5 Å². The largest absolute Gasteiger partial charge is 0.0710 e. The fourth-order valence-electron chi connectivity index (χ4n) is 3.41. The SMILES string of the molecule is CC(=C1CCC1)C1CC(C2CC2C)C1. The molecule has 2 unspecified atom stereocenters. The predicted molar refractivity (Wildman–Crippen MR) is 60.0 cm³/mol. The second-order valence-corrected chi connectivity index (χ2v) is 5.95. The van der Waals surface area contributed by atoms with E-state index in [9.17, 15) is 0 Å². The zero-order valence-electron chi connectivity index (χ0n) is 9.55. The van der Waals surface area contributed by atoms with Gasteiger partial charge in [-0.2, -0.15) is 0 Å². The average molecular weight is 190 g/mol. The third-order valence-corrected chi connectivity index (χ3v) is 5.08. The Hall–Kier alpha value is -0.260. The smallest absolute Gasteiger partial charge is 0.0198 e. The van der Waals surface area contributed by atoms with Crippen LogP contribution in [0, 0.1) is 23.7 Å².